The number of nitrogens with zero attached hydrogens (tertiary/aromatic N) is 3. The van der Waals surface area contributed by atoms with Crippen LogP contribution in [0.4, 0.5) is 25.1 Å². The normalized spacial score (nSPS) is 10.2. The highest BCUT2D eigenvalue weighted by Crippen LogP contribution is 2.26. The number of hydrogen-bond acceptors (Lipinski definition) is 6. The molecule has 1 heterocycles. The molecule has 0 radical (unpaired) electrons. The van der Waals surface area contributed by atoms with E-state index in [9.17, 15) is 18.4 Å². The van der Waals surface area contributed by atoms with Gasteiger partial charge in [0.05, 0.1) is 6.42 Å². The molecular weight excluding hydrogens is 466 g/mol. The summed E-state index contributed by atoms with van der Waals surface area (Å²) in [6, 6.07) is 10.4. The summed E-state index contributed by atoms with van der Waals surface area (Å²) in [6.07, 6.45) is 1.17. The Bertz CT molecular complexity index is 1210. The van der Waals surface area contributed by atoms with Crippen molar-refractivity contribution in [3.05, 3.63) is 72.1 Å². The zero-order chi connectivity index (χ0) is 24.7. The molecule has 0 saturated carbocycles. The monoisotopic (exact) mass is 486 g/mol. The average molecular weight is 487 g/mol. The number of carbonyl (C=O) groups excluding carboxylic acids is 2. The van der Waals surface area contributed by atoms with E-state index in [1.165, 1.54) is 53.7 Å². The number of rotatable bonds is 6. The minimum absolute atomic E-state index is 0.000836. The molecule has 3 rings (SSSR count). The van der Waals surface area contributed by atoms with E-state index in [2.05, 4.69) is 25.9 Å². The van der Waals surface area contributed by atoms with Gasteiger partial charge in [-0.3, -0.25) is 10.1 Å². The molecule has 1 aromatic heterocycles. The SMILES string of the molecule is CN(C)C(=O)Nc1cc(Oc2ccc(NC(=S)NC(=O)Cc3ccc(F)cc3)cc2F)ncn1. The molecule has 12 heteroatoms. The summed E-state index contributed by atoms with van der Waals surface area (Å²) >= 11 is 5.09. The Morgan fingerprint density at radius 1 is 1.03 bits per heavy atom. The maximum absolute atomic E-state index is 14.5. The first-order chi connectivity index (χ1) is 16.2. The van der Waals surface area contributed by atoms with Crippen molar-refractivity contribution in [2.24, 2.45) is 0 Å². The van der Waals surface area contributed by atoms with Gasteiger partial charge in [-0.15, -0.1) is 0 Å². The molecule has 0 fully saturated rings. The van der Waals surface area contributed by atoms with Crippen molar-refractivity contribution in [3.8, 4) is 11.6 Å². The third-order valence-electron chi connectivity index (χ3n) is 4.22. The number of hydrogen-bond donors (Lipinski definition) is 3. The van der Waals surface area contributed by atoms with Crippen molar-refractivity contribution in [1.82, 2.24) is 20.2 Å². The molecule has 0 aliphatic heterocycles. The molecule has 0 atom stereocenters. The molecular formula is C22H20F2N6O3S. The van der Waals surface area contributed by atoms with Crippen LogP contribution < -0.4 is 20.7 Å². The van der Waals surface area contributed by atoms with Crippen LogP contribution in [0.5, 0.6) is 11.6 Å². The molecule has 176 valence electrons. The second-order valence-corrected chi connectivity index (χ2v) is 7.53. The van der Waals surface area contributed by atoms with Crippen LogP contribution in [-0.4, -0.2) is 46.0 Å². The highest BCUT2D eigenvalue weighted by molar-refractivity contribution is 7.80. The molecule has 3 amide bonds. The number of ether oxygens (including phenoxy) is 1. The lowest BCUT2D eigenvalue weighted by Gasteiger charge is -2.13. The summed E-state index contributed by atoms with van der Waals surface area (Å²) in [5.41, 5.74) is 0.891. The molecule has 0 aliphatic rings. The van der Waals surface area contributed by atoms with E-state index in [4.69, 9.17) is 17.0 Å². The summed E-state index contributed by atoms with van der Waals surface area (Å²) in [6.45, 7) is 0. The first-order valence-electron chi connectivity index (χ1n) is 9.82. The minimum Gasteiger partial charge on any atom is -0.436 e. The van der Waals surface area contributed by atoms with Crippen LogP contribution in [0.3, 0.4) is 0 Å². The van der Waals surface area contributed by atoms with E-state index in [-0.39, 0.29) is 34.7 Å². The van der Waals surface area contributed by atoms with Gasteiger partial charge in [-0.2, -0.15) is 0 Å². The maximum atomic E-state index is 14.5. The number of urea groups is 1. The maximum Gasteiger partial charge on any atom is 0.322 e. The summed E-state index contributed by atoms with van der Waals surface area (Å²) in [7, 11) is 3.14. The second kappa shape index (κ2) is 11.1. The van der Waals surface area contributed by atoms with Crippen molar-refractivity contribution < 1.29 is 23.1 Å². The van der Waals surface area contributed by atoms with E-state index in [0.717, 1.165) is 6.07 Å². The van der Waals surface area contributed by atoms with Gasteiger partial charge in [0.15, 0.2) is 16.7 Å². The fourth-order valence-electron chi connectivity index (χ4n) is 2.58. The summed E-state index contributed by atoms with van der Waals surface area (Å²) < 4.78 is 32.9. The van der Waals surface area contributed by atoms with E-state index in [1.54, 1.807) is 14.1 Å². The van der Waals surface area contributed by atoms with Crippen LogP contribution >= 0.6 is 12.2 Å². The number of carbonyl (C=O) groups is 2. The Kier molecular flexibility index (Phi) is 7.98. The lowest BCUT2D eigenvalue weighted by Crippen LogP contribution is -2.35. The van der Waals surface area contributed by atoms with Gasteiger partial charge in [-0.05, 0) is 42.0 Å². The van der Waals surface area contributed by atoms with Crippen molar-refractivity contribution in [2.45, 2.75) is 6.42 Å². The van der Waals surface area contributed by atoms with Gasteiger partial charge in [-0.25, -0.2) is 23.5 Å². The number of thiocarbonyl (C=S) groups is 1. The number of aromatic nitrogens is 2. The Hall–Kier alpha value is -4.19. The Morgan fingerprint density at radius 2 is 1.76 bits per heavy atom. The van der Waals surface area contributed by atoms with E-state index < -0.39 is 23.6 Å². The van der Waals surface area contributed by atoms with Crippen molar-refractivity contribution in [3.63, 3.8) is 0 Å². The van der Waals surface area contributed by atoms with Gasteiger partial charge < -0.3 is 20.3 Å². The highest BCUT2D eigenvalue weighted by Gasteiger charge is 2.12. The van der Waals surface area contributed by atoms with Crippen LogP contribution in [0.2, 0.25) is 0 Å². The van der Waals surface area contributed by atoms with Gasteiger partial charge >= 0.3 is 6.03 Å². The molecule has 0 aliphatic carbocycles. The molecule has 3 aromatic rings. The topological polar surface area (TPSA) is 108 Å². The second-order valence-electron chi connectivity index (χ2n) is 7.12. The zero-order valence-corrected chi connectivity index (χ0v) is 19.0. The third kappa shape index (κ3) is 7.17. The zero-order valence-electron chi connectivity index (χ0n) is 18.1. The van der Waals surface area contributed by atoms with Crippen molar-refractivity contribution in [2.75, 3.05) is 24.7 Å². The molecule has 9 nitrogen and oxygen atoms in total. The first-order valence-corrected chi connectivity index (χ1v) is 10.2. The standard InChI is InChI=1S/C22H20F2N6O3S/c1-30(2)22(32)28-18-11-20(26-12-25-18)33-17-8-7-15(10-16(17)24)27-21(34)29-19(31)9-13-3-5-14(23)6-4-13/h3-8,10-12H,9H2,1-2H3,(H,25,26,28,32)(H2,27,29,31,34). The van der Waals surface area contributed by atoms with Crippen LogP contribution in [0.1, 0.15) is 5.56 Å². The van der Waals surface area contributed by atoms with Crippen LogP contribution in [0.15, 0.2) is 54.9 Å². The minimum atomic E-state index is -0.720. The van der Waals surface area contributed by atoms with Gasteiger partial charge in [0.25, 0.3) is 0 Å². The Morgan fingerprint density at radius 3 is 2.44 bits per heavy atom. The number of benzene rings is 2. The van der Waals surface area contributed by atoms with Gasteiger partial charge in [0, 0.05) is 31.9 Å². The largest absolute Gasteiger partial charge is 0.436 e. The predicted octanol–water partition coefficient (Wildman–Crippen LogP) is 3.70. The van der Waals surface area contributed by atoms with E-state index in [1.807, 2.05) is 0 Å². The van der Waals surface area contributed by atoms with Crippen LogP contribution in [0.25, 0.3) is 0 Å². The van der Waals surface area contributed by atoms with Crippen LogP contribution in [-0.2, 0) is 11.2 Å². The van der Waals surface area contributed by atoms with Gasteiger partial charge in [0.2, 0.25) is 11.8 Å². The fraction of sp³-hybridized carbons (Fsp3) is 0.136. The smallest absolute Gasteiger partial charge is 0.322 e. The van der Waals surface area contributed by atoms with E-state index >= 15 is 0 Å². The molecule has 3 N–H and O–H groups in total. The highest BCUT2D eigenvalue weighted by atomic mass is 32.1. The molecule has 0 saturated heterocycles. The van der Waals surface area contributed by atoms with Crippen molar-refractivity contribution in [1.29, 1.82) is 0 Å². The molecule has 0 bridgehead atoms. The average Bonchev–Trinajstić information content (AvgIpc) is 2.77. The fourth-order valence-corrected chi connectivity index (χ4v) is 2.81. The lowest BCUT2D eigenvalue weighted by molar-refractivity contribution is -0.119. The van der Waals surface area contributed by atoms with Gasteiger partial charge in [0.1, 0.15) is 18.0 Å². The Balaban J connectivity index is 1.57. The third-order valence-corrected chi connectivity index (χ3v) is 4.42. The summed E-state index contributed by atoms with van der Waals surface area (Å²) in [4.78, 5) is 32.9. The summed E-state index contributed by atoms with van der Waals surface area (Å²) in [5.74, 6) is -1.45. The lowest BCUT2D eigenvalue weighted by atomic mass is 10.1. The number of nitrogens with one attached hydrogen (secondary N) is 3. The summed E-state index contributed by atoms with van der Waals surface area (Å²) in [5, 5.41) is 7.68. The van der Waals surface area contributed by atoms with Crippen molar-refractivity contribution >= 4 is 40.8 Å². The molecule has 34 heavy (non-hydrogen) atoms. The predicted molar refractivity (Wildman–Crippen MR) is 126 cm³/mol. The first kappa shape index (κ1) is 24.5. The number of amides is 3. The number of anilines is 2. The quantitative estimate of drug-likeness (QED) is 0.456. The van der Waals surface area contributed by atoms with Gasteiger partial charge in [-0.1, -0.05) is 12.1 Å². The van der Waals surface area contributed by atoms with Crippen LogP contribution in [0, 0.1) is 11.6 Å². The molecule has 2 aromatic carbocycles. The molecule has 0 spiro atoms. The Labute approximate surface area is 199 Å². The molecule has 0 unspecified atom stereocenters. The van der Waals surface area contributed by atoms with E-state index in [0.29, 0.717) is 5.56 Å². The number of halogens is 2.